The number of likely N-dealkylation sites (tertiary alicyclic amines) is 1. The molecule has 1 fully saturated rings. The highest BCUT2D eigenvalue weighted by Gasteiger charge is 2.27. The number of carboxylic acids is 1. The third-order valence-electron chi connectivity index (χ3n) is 3.22. The topological polar surface area (TPSA) is 99.1 Å². The fourth-order valence-corrected chi connectivity index (χ4v) is 2.25. The average molecular weight is 274 g/mol. The first-order chi connectivity index (χ1) is 9.08. The van der Waals surface area contributed by atoms with Gasteiger partial charge >= 0.3 is 12.0 Å². The number of hydrogen-bond acceptors (Lipinski definition) is 4. The Morgan fingerprint density at radius 2 is 2.26 bits per heavy atom. The highest BCUT2D eigenvalue weighted by atomic mass is 16.5. The van der Waals surface area contributed by atoms with E-state index in [2.05, 4.69) is 5.32 Å². The summed E-state index contributed by atoms with van der Waals surface area (Å²) in [5.41, 5.74) is 0. The summed E-state index contributed by atoms with van der Waals surface area (Å²) in [7, 11) is 1.63. The number of piperidine rings is 1. The van der Waals surface area contributed by atoms with E-state index < -0.39 is 12.0 Å². The fraction of sp³-hybridized carbons (Fsp3) is 0.833. The van der Waals surface area contributed by atoms with E-state index in [1.54, 1.807) is 12.0 Å². The SMILES string of the molecule is COCC1CCCN(C(=O)N[C@@H](CCO)C(=O)O)C1. The van der Waals surface area contributed by atoms with Gasteiger partial charge in [-0.15, -0.1) is 0 Å². The molecule has 0 radical (unpaired) electrons. The maximum absolute atomic E-state index is 12.0. The van der Waals surface area contributed by atoms with Crippen molar-refractivity contribution in [2.24, 2.45) is 5.92 Å². The van der Waals surface area contributed by atoms with Crippen LogP contribution in [0, 0.1) is 5.92 Å². The number of amides is 2. The molecular weight excluding hydrogens is 252 g/mol. The minimum atomic E-state index is -1.13. The van der Waals surface area contributed by atoms with Crippen LogP contribution >= 0.6 is 0 Å². The van der Waals surface area contributed by atoms with Gasteiger partial charge < -0.3 is 25.2 Å². The van der Waals surface area contributed by atoms with Crippen molar-refractivity contribution < 1.29 is 24.5 Å². The zero-order chi connectivity index (χ0) is 14.3. The summed E-state index contributed by atoms with van der Waals surface area (Å²) in [4.78, 5) is 24.5. The van der Waals surface area contributed by atoms with E-state index in [-0.39, 0.29) is 19.1 Å². The Bertz CT molecular complexity index is 308. The quantitative estimate of drug-likeness (QED) is 0.627. The zero-order valence-corrected chi connectivity index (χ0v) is 11.2. The first kappa shape index (κ1) is 15.7. The van der Waals surface area contributed by atoms with Crippen LogP contribution in [-0.4, -0.2) is 66.6 Å². The third-order valence-corrected chi connectivity index (χ3v) is 3.22. The molecule has 2 atom stereocenters. The van der Waals surface area contributed by atoms with E-state index in [9.17, 15) is 9.59 Å². The smallest absolute Gasteiger partial charge is 0.326 e. The average Bonchev–Trinajstić information content (AvgIpc) is 2.38. The Hall–Kier alpha value is -1.34. The lowest BCUT2D eigenvalue weighted by atomic mass is 9.99. The van der Waals surface area contributed by atoms with Crippen molar-refractivity contribution in [3.05, 3.63) is 0 Å². The molecule has 0 aliphatic carbocycles. The van der Waals surface area contributed by atoms with Crippen LogP contribution in [-0.2, 0) is 9.53 Å². The minimum absolute atomic E-state index is 0.0103. The summed E-state index contributed by atoms with van der Waals surface area (Å²) in [6.07, 6.45) is 1.91. The minimum Gasteiger partial charge on any atom is -0.480 e. The zero-order valence-electron chi connectivity index (χ0n) is 11.2. The lowest BCUT2D eigenvalue weighted by molar-refractivity contribution is -0.139. The van der Waals surface area contributed by atoms with E-state index in [1.807, 2.05) is 0 Å². The second-order valence-corrected chi connectivity index (χ2v) is 4.76. The van der Waals surface area contributed by atoms with Crippen LogP contribution in [0.3, 0.4) is 0 Å². The van der Waals surface area contributed by atoms with Crippen LogP contribution in [0.1, 0.15) is 19.3 Å². The Labute approximate surface area is 112 Å². The molecule has 0 aromatic rings. The predicted molar refractivity (Wildman–Crippen MR) is 67.8 cm³/mol. The standard InChI is InChI=1S/C12H22N2O5/c1-19-8-9-3-2-5-14(7-9)12(18)13-10(4-6-15)11(16)17/h9-10,15H,2-8H2,1H3,(H,13,18)(H,16,17)/t9?,10-/m0/s1. The van der Waals surface area contributed by atoms with Gasteiger partial charge in [-0.05, 0) is 12.8 Å². The maximum Gasteiger partial charge on any atom is 0.326 e. The number of aliphatic hydroxyl groups is 1. The van der Waals surface area contributed by atoms with Crippen molar-refractivity contribution in [3.8, 4) is 0 Å². The molecule has 1 aliphatic rings. The highest BCUT2D eigenvalue weighted by molar-refractivity contribution is 5.82. The molecular formula is C12H22N2O5. The van der Waals surface area contributed by atoms with Gasteiger partial charge in [-0.2, -0.15) is 0 Å². The third kappa shape index (κ3) is 5.04. The molecule has 1 saturated heterocycles. The van der Waals surface area contributed by atoms with Crippen molar-refractivity contribution in [2.75, 3.05) is 33.4 Å². The molecule has 0 spiro atoms. The molecule has 7 heteroatoms. The van der Waals surface area contributed by atoms with E-state index in [0.29, 0.717) is 25.6 Å². The molecule has 0 aromatic heterocycles. The molecule has 1 unspecified atom stereocenters. The van der Waals surface area contributed by atoms with Crippen molar-refractivity contribution >= 4 is 12.0 Å². The largest absolute Gasteiger partial charge is 0.480 e. The number of carbonyl (C=O) groups excluding carboxylic acids is 1. The van der Waals surface area contributed by atoms with Gasteiger partial charge in [-0.3, -0.25) is 0 Å². The summed E-state index contributed by atoms with van der Waals surface area (Å²) < 4.78 is 5.08. The Morgan fingerprint density at radius 3 is 2.84 bits per heavy atom. The van der Waals surface area contributed by atoms with Gasteiger partial charge in [-0.1, -0.05) is 0 Å². The normalized spacial score (nSPS) is 20.9. The number of nitrogens with zero attached hydrogens (tertiary/aromatic N) is 1. The van der Waals surface area contributed by atoms with E-state index in [0.717, 1.165) is 12.8 Å². The number of carbonyl (C=O) groups is 2. The van der Waals surface area contributed by atoms with Crippen LogP contribution in [0.4, 0.5) is 4.79 Å². The molecule has 110 valence electrons. The summed E-state index contributed by atoms with van der Waals surface area (Å²) in [6, 6.07) is -1.43. The van der Waals surface area contributed by atoms with Gasteiger partial charge in [0.2, 0.25) is 0 Å². The molecule has 0 aromatic carbocycles. The number of aliphatic hydroxyl groups excluding tert-OH is 1. The maximum atomic E-state index is 12.0. The second kappa shape index (κ2) is 7.96. The van der Waals surface area contributed by atoms with Gasteiger partial charge in [0.1, 0.15) is 6.04 Å². The van der Waals surface area contributed by atoms with E-state index >= 15 is 0 Å². The van der Waals surface area contributed by atoms with Crippen molar-refractivity contribution in [3.63, 3.8) is 0 Å². The lowest BCUT2D eigenvalue weighted by Crippen LogP contribution is -2.51. The van der Waals surface area contributed by atoms with E-state index in [4.69, 9.17) is 14.9 Å². The Balaban J connectivity index is 2.49. The second-order valence-electron chi connectivity index (χ2n) is 4.76. The van der Waals surface area contributed by atoms with Gasteiger partial charge in [0.15, 0.2) is 0 Å². The van der Waals surface area contributed by atoms with Gasteiger partial charge in [0, 0.05) is 39.1 Å². The lowest BCUT2D eigenvalue weighted by Gasteiger charge is -2.33. The van der Waals surface area contributed by atoms with E-state index in [1.165, 1.54) is 0 Å². The number of methoxy groups -OCH3 is 1. The van der Waals surface area contributed by atoms with Crippen LogP contribution in [0.2, 0.25) is 0 Å². The Morgan fingerprint density at radius 1 is 1.53 bits per heavy atom. The highest BCUT2D eigenvalue weighted by Crippen LogP contribution is 2.16. The number of hydrogen-bond donors (Lipinski definition) is 3. The number of urea groups is 1. The Kier molecular flexibility index (Phi) is 6.58. The van der Waals surface area contributed by atoms with Crippen molar-refractivity contribution in [1.29, 1.82) is 0 Å². The molecule has 0 saturated carbocycles. The first-order valence-electron chi connectivity index (χ1n) is 6.46. The fourth-order valence-electron chi connectivity index (χ4n) is 2.25. The summed E-state index contributed by atoms with van der Waals surface area (Å²) in [5.74, 6) is -0.835. The molecule has 1 heterocycles. The predicted octanol–water partition coefficient (Wildman–Crippen LogP) is -0.110. The summed E-state index contributed by atoms with van der Waals surface area (Å²) in [5, 5.41) is 20.1. The van der Waals surface area contributed by atoms with Crippen LogP contribution < -0.4 is 5.32 Å². The monoisotopic (exact) mass is 274 g/mol. The van der Waals surface area contributed by atoms with Gasteiger partial charge in [-0.25, -0.2) is 9.59 Å². The molecule has 1 rings (SSSR count). The first-order valence-corrected chi connectivity index (χ1v) is 6.46. The van der Waals surface area contributed by atoms with Crippen LogP contribution in [0.25, 0.3) is 0 Å². The number of ether oxygens (including phenoxy) is 1. The van der Waals surface area contributed by atoms with Crippen molar-refractivity contribution in [1.82, 2.24) is 10.2 Å². The summed E-state index contributed by atoms with van der Waals surface area (Å²) in [6.45, 7) is 1.52. The number of carboxylic acid groups (broad SMARTS) is 1. The molecule has 1 aliphatic heterocycles. The molecule has 7 nitrogen and oxygen atoms in total. The van der Waals surface area contributed by atoms with Gasteiger partial charge in [0.25, 0.3) is 0 Å². The number of aliphatic carboxylic acids is 1. The number of nitrogens with one attached hydrogen (secondary N) is 1. The van der Waals surface area contributed by atoms with Gasteiger partial charge in [0.05, 0.1) is 6.61 Å². The molecule has 19 heavy (non-hydrogen) atoms. The van der Waals surface area contributed by atoms with Crippen molar-refractivity contribution in [2.45, 2.75) is 25.3 Å². The summed E-state index contributed by atoms with van der Waals surface area (Å²) >= 11 is 0. The molecule has 3 N–H and O–H groups in total. The van der Waals surface area contributed by atoms with Crippen LogP contribution in [0.5, 0.6) is 0 Å². The molecule has 2 amide bonds. The van der Waals surface area contributed by atoms with Crippen LogP contribution in [0.15, 0.2) is 0 Å². The molecule has 0 bridgehead atoms. The number of rotatable bonds is 6.